The second-order valence-corrected chi connectivity index (χ2v) is 3.22. The zero-order valence-corrected chi connectivity index (χ0v) is 8.88. The Morgan fingerprint density at radius 3 is 2.38 bits per heavy atom. The molecular formula is C10H21NO2. The van der Waals surface area contributed by atoms with E-state index in [2.05, 4.69) is 6.92 Å². The molecule has 0 aromatic carbocycles. The van der Waals surface area contributed by atoms with Gasteiger partial charge in [0.15, 0.2) is 0 Å². The number of hydrogen-bond acceptors (Lipinski definition) is 3. The van der Waals surface area contributed by atoms with Crippen LogP contribution in [0.1, 0.15) is 40.0 Å². The van der Waals surface area contributed by atoms with Gasteiger partial charge in [-0.25, -0.2) is 0 Å². The molecule has 2 unspecified atom stereocenters. The first-order valence-electron chi connectivity index (χ1n) is 5.09. The molecule has 0 aliphatic rings. The molecule has 13 heavy (non-hydrogen) atoms. The molecule has 2 atom stereocenters. The van der Waals surface area contributed by atoms with Crippen LogP contribution in [0, 0.1) is 5.92 Å². The molecule has 0 aromatic heterocycles. The van der Waals surface area contributed by atoms with E-state index in [-0.39, 0.29) is 17.9 Å². The lowest BCUT2D eigenvalue weighted by Crippen LogP contribution is -2.36. The normalized spacial score (nSPS) is 15.1. The first-order valence-corrected chi connectivity index (χ1v) is 5.09. The molecule has 78 valence electrons. The summed E-state index contributed by atoms with van der Waals surface area (Å²) in [5, 5.41) is 0. The Morgan fingerprint density at radius 2 is 2.00 bits per heavy atom. The predicted octanol–water partition coefficient (Wildman–Crippen LogP) is 1.70. The highest BCUT2D eigenvalue weighted by atomic mass is 16.5. The third kappa shape index (κ3) is 4.27. The molecule has 0 aromatic rings. The van der Waals surface area contributed by atoms with Gasteiger partial charge >= 0.3 is 5.97 Å². The van der Waals surface area contributed by atoms with Gasteiger partial charge in [0, 0.05) is 6.04 Å². The highest BCUT2D eigenvalue weighted by Gasteiger charge is 2.24. The minimum atomic E-state index is -0.140. The fraction of sp³-hybridized carbons (Fsp3) is 0.900. The average molecular weight is 187 g/mol. The number of esters is 1. The van der Waals surface area contributed by atoms with Gasteiger partial charge in [-0.3, -0.25) is 4.79 Å². The predicted molar refractivity (Wildman–Crippen MR) is 53.3 cm³/mol. The van der Waals surface area contributed by atoms with Crippen molar-refractivity contribution in [1.82, 2.24) is 0 Å². The van der Waals surface area contributed by atoms with Crippen LogP contribution in [0.3, 0.4) is 0 Å². The molecule has 0 rings (SSSR count). The molecule has 0 aliphatic heterocycles. The molecule has 0 radical (unpaired) electrons. The topological polar surface area (TPSA) is 52.3 Å². The second-order valence-electron chi connectivity index (χ2n) is 3.22. The van der Waals surface area contributed by atoms with Crippen LogP contribution in [0.5, 0.6) is 0 Å². The van der Waals surface area contributed by atoms with Crippen LogP contribution < -0.4 is 5.73 Å². The van der Waals surface area contributed by atoms with Crippen LogP contribution in [0.25, 0.3) is 0 Å². The van der Waals surface area contributed by atoms with Crippen LogP contribution in [0.15, 0.2) is 0 Å². The van der Waals surface area contributed by atoms with Crippen molar-refractivity contribution in [3.8, 4) is 0 Å². The standard InChI is InChI=1S/C10H21NO2/c1-4-7-8(9(11)5-2)10(12)13-6-3/h8-9H,4-7,11H2,1-3H3. The van der Waals surface area contributed by atoms with E-state index in [1.54, 1.807) is 0 Å². The van der Waals surface area contributed by atoms with Crippen LogP contribution in [0.2, 0.25) is 0 Å². The minimum Gasteiger partial charge on any atom is -0.466 e. The van der Waals surface area contributed by atoms with E-state index in [1.807, 2.05) is 13.8 Å². The fourth-order valence-corrected chi connectivity index (χ4v) is 1.35. The van der Waals surface area contributed by atoms with Gasteiger partial charge in [0.05, 0.1) is 12.5 Å². The van der Waals surface area contributed by atoms with Crippen molar-refractivity contribution in [3.63, 3.8) is 0 Å². The lowest BCUT2D eigenvalue weighted by atomic mass is 9.94. The highest BCUT2D eigenvalue weighted by molar-refractivity contribution is 5.73. The molecule has 0 fully saturated rings. The fourth-order valence-electron chi connectivity index (χ4n) is 1.35. The number of nitrogens with two attached hydrogens (primary N) is 1. The molecular weight excluding hydrogens is 166 g/mol. The summed E-state index contributed by atoms with van der Waals surface area (Å²) in [4.78, 5) is 11.4. The summed E-state index contributed by atoms with van der Waals surface area (Å²) < 4.78 is 4.96. The highest BCUT2D eigenvalue weighted by Crippen LogP contribution is 2.14. The van der Waals surface area contributed by atoms with Crippen LogP contribution >= 0.6 is 0 Å². The summed E-state index contributed by atoms with van der Waals surface area (Å²) in [5.41, 5.74) is 5.83. The van der Waals surface area contributed by atoms with E-state index in [1.165, 1.54) is 0 Å². The van der Waals surface area contributed by atoms with Crippen molar-refractivity contribution in [2.24, 2.45) is 11.7 Å². The number of carbonyl (C=O) groups is 1. The lowest BCUT2D eigenvalue weighted by molar-refractivity contribution is -0.149. The Labute approximate surface area is 80.6 Å². The maximum absolute atomic E-state index is 11.4. The lowest BCUT2D eigenvalue weighted by Gasteiger charge is -2.20. The van der Waals surface area contributed by atoms with E-state index in [0.717, 1.165) is 19.3 Å². The molecule has 3 nitrogen and oxygen atoms in total. The monoisotopic (exact) mass is 187 g/mol. The number of rotatable bonds is 6. The Balaban J connectivity index is 4.13. The minimum absolute atomic E-state index is 0.0565. The number of carbonyl (C=O) groups excluding carboxylic acids is 1. The Hall–Kier alpha value is -0.570. The van der Waals surface area contributed by atoms with E-state index >= 15 is 0 Å². The quantitative estimate of drug-likeness (QED) is 0.644. The van der Waals surface area contributed by atoms with Gasteiger partial charge in [0.1, 0.15) is 0 Å². The van der Waals surface area contributed by atoms with Gasteiger partial charge in [-0.15, -0.1) is 0 Å². The molecule has 0 saturated carbocycles. The summed E-state index contributed by atoms with van der Waals surface area (Å²) in [6.07, 6.45) is 2.62. The van der Waals surface area contributed by atoms with Gasteiger partial charge in [0.2, 0.25) is 0 Å². The van der Waals surface area contributed by atoms with Crippen molar-refractivity contribution in [2.45, 2.75) is 46.1 Å². The first-order chi connectivity index (χ1) is 6.17. The number of ether oxygens (including phenoxy) is 1. The molecule has 0 aliphatic carbocycles. The van der Waals surface area contributed by atoms with E-state index in [9.17, 15) is 4.79 Å². The van der Waals surface area contributed by atoms with E-state index in [4.69, 9.17) is 10.5 Å². The summed E-state index contributed by atoms with van der Waals surface area (Å²) in [6.45, 7) is 6.30. The summed E-state index contributed by atoms with van der Waals surface area (Å²) in [5.74, 6) is -0.256. The zero-order valence-electron chi connectivity index (χ0n) is 8.88. The molecule has 2 N–H and O–H groups in total. The van der Waals surface area contributed by atoms with Crippen molar-refractivity contribution in [1.29, 1.82) is 0 Å². The number of hydrogen-bond donors (Lipinski definition) is 1. The molecule has 0 spiro atoms. The van der Waals surface area contributed by atoms with Crippen molar-refractivity contribution in [3.05, 3.63) is 0 Å². The SMILES string of the molecule is CCCC(C(=O)OCC)C(N)CC. The second kappa shape index (κ2) is 6.89. The van der Waals surface area contributed by atoms with Gasteiger partial charge in [-0.1, -0.05) is 20.3 Å². The maximum Gasteiger partial charge on any atom is 0.310 e. The molecule has 3 heteroatoms. The Bertz CT molecular complexity index is 148. The molecule has 0 saturated heterocycles. The molecule has 0 amide bonds. The van der Waals surface area contributed by atoms with Gasteiger partial charge < -0.3 is 10.5 Å². The first kappa shape index (κ1) is 12.4. The largest absolute Gasteiger partial charge is 0.466 e. The summed E-state index contributed by atoms with van der Waals surface area (Å²) in [6, 6.07) is -0.0565. The van der Waals surface area contributed by atoms with Gasteiger partial charge in [-0.2, -0.15) is 0 Å². The third-order valence-corrected chi connectivity index (χ3v) is 2.18. The smallest absolute Gasteiger partial charge is 0.310 e. The van der Waals surface area contributed by atoms with Crippen molar-refractivity contribution >= 4 is 5.97 Å². The van der Waals surface area contributed by atoms with Crippen molar-refractivity contribution < 1.29 is 9.53 Å². The molecule has 0 bridgehead atoms. The maximum atomic E-state index is 11.4. The van der Waals surface area contributed by atoms with Crippen LogP contribution in [-0.2, 0) is 9.53 Å². The van der Waals surface area contributed by atoms with Crippen LogP contribution in [0.4, 0.5) is 0 Å². The third-order valence-electron chi connectivity index (χ3n) is 2.18. The van der Waals surface area contributed by atoms with E-state index in [0.29, 0.717) is 6.61 Å². The Morgan fingerprint density at radius 1 is 1.38 bits per heavy atom. The van der Waals surface area contributed by atoms with Gasteiger partial charge in [-0.05, 0) is 19.8 Å². The van der Waals surface area contributed by atoms with Crippen LogP contribution in [-0.4, -0.2) is 18.6 Å². The average Bonchev–Trinajstić information content (AvgIpc) is 2.13. The molecule has 0 heterocycles. The van der Waals surface area contributed by atoms with E-state index < -0.39 is 0 Å². The van der Waals surface area contributed by atoms with Gasteiger partial charge in [0.25, 0.3) is 0 Å². The zero-order chi connectivity index (χ0) is 10.3. The Kier molecular flexibility index (Phi) is 6.59. The summed E-state index contributed by atoms with van der Waals surface area (Å²) in [7, 11) is 0. The summed E-state index contributed by atoms with van der Waals surface area (Å²) >= 11 is 0. The van der Waals surface area contributed by atoms with Crippen molar-refractivity contribution in [2.75, 3.05) is 6.61 Å².